The van der Waals surface area contributed by atoms with Crippen LogP contribution in [0.4, 0.5) is 18.0 Å². The van der Waals surface area contributed by atoms with Crippen molar-refractivity contribution in [3.63, 3.8) is 0 Å². The molecule has 0 spiro atoms. The largest absolute Gasteiger partial charge is 0.471 e. The molecule has 0 aromatic carbocycles. The molecule has 1 aliphatic carbocycles. The topological polar surface area (TPSA) is 120 Å². The van der Waals surface area contributed by atoms with E-state index < -0.39 is 36.1 Å². The number of hydrogen-bond donors (Lipinski definition) is 2. The zero-order valence-corrected chi connectivity index (χ0v) is 17.4. The van der Waals surface area contributed by atoms with E-state index in [-0.39, 0.29) is 12.3 Å². The molecule has 0 saturated heterocycles. The molecule has 2 aromatic rings. The first-order valence-corrected chi connectivity index (χ1v) is 9.84. The van der Waals surface area contributed by atoms with Gasteiger partial charge in [0.2, 0.25) is 5.91 Å². The lowest BCUT2D eigenvalue weighted by Gasteiger charge is -2.28. The third-order valence-corrected chi connectivity index (χ3v) is 5.27. The first-order chi connectivity index (χ1) is 15.6. The minimum Gasteiger partial charge on any atom is -0.335 e. The summed E-state index contributed by atoms with van der Waals surface area (Å²) in [7, 11) is 1.11. The first kappa shape index (κ1) is 23.6. The number of halogens is 3. The van der Waals surface area contributed by atoms with Crippen LogP contribution in [0.25, 0.3) is 5.52 Å². The lowest BCUT2D eigenvalue weighted by atomic mass is 10.0. The Balaban J connectivity index is 1.82. The molecule has 2 heterocycles. The van der Waals surface area contributed by atoms with Gasteiger partial charge in [-0.15, -0.1) is 6.42 Å². The van der Waals surface area contributed by atoms with Gasteiger partial charge in [-0.05, 0) is 24.5 Å². The van der Waals surface area contributed by atoms with Gasteiger partial charge in [-0.25, -0.2) is 9.31 Å². The van der Waals surface area contributed by atoms with Crippen LogP contribution in [-0.2, 0) is 9.59 Å². The normalized spacial score (nSPS) is 15.1. The predicted octanol–water partition coefficient (Wildman–Crippen LogP) is 1.90. The predicted molar refractivity (Wildman–Crippen MR) is 108 cm³/mol. The van der Waals surface area contributed by atoms with Crippen LogP contribution in [0.3, 0.4) is 0 Å². The summed E-state index contributed by atoms with van der Waals surface area (Å²) in [6.07, 6.45) is 5.00. The number of hydrogen-bond acceptors (Lipinski definition) is 5. The Bertz CT molecular complexity index is 1170. The first-order valence-electron chi connectivity index (χ1n) is 9.84. The summed E-state index contributed by atoms with van der Waals surface area (Å²) >= 11 is 0. The third-order valence-electron chi connectivity index (χ3n) is 5.27. The van der Waals surface area contributed by atoms with Crippen molar-refractivity contribution in [1.29, 1.82) is 5.26 Å². The van der Waals surface area contributed by atoms with Gasteiger partial charge >= 0.3 is 18.1 Å². The molecule has 1 fully saturated rings. The fourth-order valence-electron chi connectivity index (χ4n) is 3.32. The van der Waals surface area contributed by atoms with Crippen LogP contribution in [0.1, 0.15) is 36.4 Å². The molecule has 9 nitrogen and oxygen atoms in total. The van der Waals surface area contributed by atoms with Gasteiger partial charge in [0, 0.05) is 18.8 Å². The van der Waals surface area contributed by atoms with Crippen molar-refractivity contribution < 1.29 is 27.6 Å². The minimum absolute atomic E-state index is 0.0971. The second-order valence-electron chi connectivity index (χ2n) is 7.59. The van der Waals surface area contributed by atoms with Crippen LogP contribution in [0.5, 0.6) is 0 Å². The fourth-order valence-corrected chi connectivity index (χ4v) is 3.32. The van der Waals surface area contributed by atoms with Gasteiger partial charge in [0.1, 0.15) is 12.1 Å². The zero-order chi connectivity index (χ0) is 24.3. The van der Waals surface area contributed by atoms with Crippen LogP contribution in [-0.4, -0.2) is 51.6 Å². The summed E-state index contributed by atoms with van der Waals surface area (Å²) in [5.41, 5.74) is 1.20. The Labute approximate surface area is 186 Å². The fraction of sp³-hybridized carbons (Fsp3) is 0.381. The van der Waals surface area contributed by atoms with Crippen LogP contribution in [0.15, 0.2) is 24.5 Å². The average molecular weight is 460 g/mol. The lowest BCUT2D eigenvalue weighted by Crippen LogP contribution is -2.54. The van der Waals surface area contributed by atoms with E-state index in [1.165, 1.54) is 16.0 Å². The Morgan fingerprint density at radius 3 is 2.67 bits per heavy atom. The summed E-state index contributed by atoms with van der Waals surface area (Å²) < 4.78 is 38.9. The van der Waals surface area contributed by atoms with Crippen molar-refractivity contribution in [2.45, 2.75) is 37.5 Å². The van der Waals surface area contributed by atoms with Crippen molar-refractivity contribution >= 4 is 23.4 Å². The molecular formula is C21H19F3N6O3. The second kappa shape index (κ2) is 9.20. The number of nitrogens with one attached hydrogen (secondary N) is 2. The molecular weight excluding hydrogens is 441 g/mol. The number of aromatic nitrogens is 2. The molecule has 3 rings (SSSR count). The molecule has 0 bridgehead atoms. The van der Waals surface area contributed by atoms with Crippen molar-refractivity contribution in [3.8, 4) is 18.4 Å². The standard InChI is InChI=1S/C21H19F3N6O3/c1-3-13-5-4-8-30-17(13)14(11-26-30)15(10-25)27-18(31)16(9-12-6-7-12)29(2)20(33)28-19(32)21(22,23)24/h1,4-5,8,11-12,15-16H,6-7,9H2,2H3,(H,27,31)(H,28,32,33). The molecule has 2 N–H and O–H groups in total. The Morgan fingerprint density at radius 1 is 1.39 bits per heavy atom. The van der Waals surface area contributed by atoms with E-state index in [0.29, 0.717) is 16.6 Å². The maximum absolute atomic E-state index is 13.0. The molecule has 172 valence electrons. The maximum atomic E-state index is 13.0. The van der Waals surface area contributed by atoms with Crippen LogP contribution in [0, 0.1) is 29.6 Å². The summed E-state index contributed by atoms with van der Waals surface area (Å²) in [5, 5.41) is 17.6. The Kier molecular flexibility index (Phi) is 6.58. The number of nitriles is 1. The average Bonchev–Trinajstić information content (AvgIpc) is 3.50. The molecule has 1 aliphatic rings. The quantitative estimate of drug-likeness (QED) is 0.638. The number of alkyl halides is 3. The van der Waals surface area contributed by atoms with Gasteiger partial charge in [-0.2, -0.15) is 23.5 Å². The zero-order valence-electron chi connectivity index (χ0n) is 17.4. The van der Waals surface area contributed by atoms with Crippen molar-refractivity contribution in [2.24, 2.45) is 5.92 Å². The highest BCUT2D eigenvalue weighted by Gasteiger charge is 2.42. The summed E-state index contributed by atoms with van der Waals surface area (Å²) in [5.74, 6) is -0.619. The Hall–Kier alpha value is -4.06. The van der Waals surface area contributed by atoms with Gasteiger partial charge in [0.05, 0.1) is 23.3 Å². The van der Waals surface area contributed by atoms with Crippen LogP contribution >= 0.6 is 0 Å². The number of urea groups is 1. The summed E-state index contributed by atoms with van der Waals surface area (Å²) in [6.45, 7) is 0. The second-order valence-corrected chi connectivity index (χ2v) is 7.59. The van der Waals surface area contributed by atoms with E-state index in [4.69, 9.17) is 6.42 Å². The SMILES string of the molecule is C#Cc1cccn2ncc(C(C#N)NC(=O)C(CC3CC3)N(C)C(=O)NC(=O)C(F)(F)F)c12. The highest BCUT2D eigenvalue weighted by Crippen LogP contribution is 2.35. The van der Waals surface area contributed by atoms with E-state index in [0.717, 1.165) is 24.8 Å². The number of fused-ring (bicyclic) bond motifs is 1. The van der Waals surface area contributed by atoms with Gasteiger partial charge in [0.15, 0.2) is 0 Å². The van der Waals surface area contributed by atoms with Crippen molar-refractivity contribution in [3.05, 3.63) is 35.7 Å². The van der Waals surface area contributed by atoms with Crippen LogP contribution < -0.4 is 10.6 Å². The van der Waals surface area contributed by atoms with E-state index >= 15 is 0 Å². The number of carbonyl (C=O) groups is 3. The van der Waals surface area contributed by atoms with Gasteiger partial charge in [-0.1, -0.05) is 18.8 Å². The number of terminal acetylenes is 1. The van der Waals surface area contributed by atoms with Gasteiger partial charge < -0.3 is 10.2 Å². The molecule has 33 heavy (non-hydrogen) atoms. The number of likely N-dealkylation sites (N-methyl/N-ethyl adjacent to an activating group) is 1. The summed E-state index contributed by atoms with van der Waals surface area (Å²) in [4.78, 5) is 37.1. The molecule has 4 amide bonds. The molecule has 2 aromatic heterocycles. The Morgan fingerprint density at radius 2 is 2.09 bits per heavy atom. The molecule has 1 saturated carbocycles. The third kappa shape index (κ3) is 5.23. The number of rotatable bonds is 6. The minimum atomic E-state index is -5.26. The van der Waals surface area contributed by atoms with E-state index in [2.05, 4.69) is 16.3 Å². The maximum Gasteiger partial charge on any atom is 0.471 e. The number of amides is 4. The molecule has 2 atom stereocenters. The van der Waals surface area contributed by atoms with Crippen molar-refractivity contribution in [1.82, 2.24) is 25.1 Å². The number of pyridine rings is 1. The smallest absolute Gasteiger partial charge is 0.335 e. The number of carbonyl (C=O) groups excluding carboxylic acids is 3. The molecule has 0 radical (unpaired) electrons. The highest BCUT2D eigenvalue weighted by molar-refractivity contribution is 5.98. The molecule has 2 unspecified atom stereocenters. The highest BCUT2D eigenvalue weighted by atomic mass is 19.4. The molecule has 0 aliphatic heterocycles. The van der Waals surface area contributed by atoms with Gasteiger partial charge in [-0.3, -0.25) is 14.9 Å². The van der Waals surface area contributed by atoms with Crippen molar-refractivity contribution in [2.75, 3.05) is 7.05 Å². The number of nitrogens with zero attached hydrogens (tertiary/aromatic N) is 4. The van der Waals surface area contributed by atoms with E-state index in [9.17, 15) is 32.8 Å². The van der Waals surface area contributed by atoms with Crippen LogP contribution in [0.2, 0.25) is 0 Å². The van der Waals surface area contributed by atoms with E-state index in [1.807, 2.05) is 6.07 Å². The monoisotopic (exact) mass is 460 g/mol. The number of imide groups is 1. The molecule has 12 heteroatoms. The van der Waals surface area contributed by atoms with E-state index in [1.54, 1.807) is 18.3 Å². The van der Waals surface area contributed by atoms with Gasteiger partial charge in [0.25, 0.3) is 0 Å². The lowest BCUT2D eigenvalue weighted by molar-refractivity contribution is -0.172. The summed E-state index contributed by atoms with van der Waals surface area (Å²) in [6, 6.07) is 1.48.